The van der Waals surface area contributed by atoms with Crippen LogP contribution < -0.4 is 5.32 Å². The van der Waals surface area contributed by atoms with Gasteiger partial charge in [-0.15, -0.1) is 0 Å². The Labute approximate surface area is 110 Å². The molecule has 0 amide bonds. The molecule has 0 fully saturated rings. The number of nitrogens with zero attached hydrogens (tertiary/aromatic N) is 1. The van der Waals surface area contributed by atoms with E-state index >= 15 is 0 Å². The number of benzene rings is 2. The molecule has 0 saturated heterocycles. The van der Waals surface area contributed by atoms with E-state index in [0.29, 0.717) is 17.3 Å². The van der Waals surface area contributed by atoms with Crippen molar-refractivity contribution in [3.8, 4) is 6.07 Å². The fraction of sp³-hybridized carbons (Fsp3) is 0.0714. The molecule has 0 heterocycles. The van der Waals surface area contributed by atoms with Crippen LogP contribution in [0.5, 0.6) is 0 Å². The summed E-state index contributed by atoms with van der Waals surface area (Å²) < 4.78 is 13.4. The van der Waals surface area contributed by atoms with Crippen molar-refractivity contribution in [1.82, 2.24) is 0 Å². The van der Waals surface area contributed by atoms with Gasteiger partial charge in [0.2, 0.25) is 0 Å². The lowest BCUT2D eigenvalue weighted by Gasteiger charge is -2.09. The van der Waals surface area contributed by atoms with Crippen LogP contribution in [0.3, 0.4) is 0 Å². The van der Waals surface area contributed by atoms with Gasteiger partial charge in [0.05, 0.1) is 5.69 Å². The largest absolute Gasteiger partial charge is 0.380 e. The highest BCUT2D eigenvalue weighted by Gasteiger charge is 2.07. The van der Waals surface area contributed by atoms with Crippen molar-refractivity contribution in [2.45, 2.75) is 6.54 Å². The molecule has 90 valence electrons. The predicted molar refractivity (Wildman–Crippen MR) is 69.9 cm³/mol. The van der Waals surface area contributed by atoms with Gasteiger partial charge in [-0.05, 0) is 23.8 Å². The second-order valence-electron chi connectivity index (χ2n) is 3.72. The van der Waals surface area contributed by atoms with Gasteiger partial charge in [0, 0.05) is 11.6 Å². The Balaban J connectivity index is 2.19. The van der Waals surface area contributed by atoms with Gasteiger partial charge >= 0.3 is 0 Å². The van der Waals surface area contributed by atoms with E-state index in [1.807, 2.05) is 24.3 Å². The van der Waals surface area contributed by atoms with Crippen molar-refractivity contribution in [3.63, 3.8) is 0 Å². The van der Waals surface area contributed by atoms with E-state index in [0.717, 1.165) is 5.56 Å². The number of rotatable bonds is 3. The first-order valence-electron chi connectivity index (χ1n) is 5.38. The Bertz CT molecular complexity index is 605. The Kier molecular flexibility index (Phi) is 3.81. The van der Waals surface area contributed by atoms with E-state index in [9.17, 15) is 4.39 Å². The molecule has 0 radical (unpaired) electrons. The summed E-state index contributed by atoms with van der Waals surface area (Å²) in [5.74, 6) is -0.526. The summed E-state index contributed by atoms with van der Waals surface area (Å²) in [7, 11) is 0. The Hall–Kier alpha value is -2.05. The Morgan fingerprint density at radius 3 is 2.67 bits per heavy atom. The zero-order valence-corrected chi connectivity index (χ0v) is 10.2. The maximum absolute atomic E-state index is 13.4. The van der Waals surface area contributed by atoms with Gasteiger partial charge in [-0.1, -0.05) is 35.9 Å². The third kappa shape index (κ3) is 2.61. The van der Waals surface area contributed by atoms with Crippen LogP contribution in [0.4, 0.5) is 10.1 Å². The second kappa shape index (κ2) is 5.52. The maximum atomic E-state index is 13.4. The number of nitriles is 1. The fourth-order valence-electron chi connectivity index (χ4n) is 1.62. The van der Waals surface area contributed by atoms with E-state index in [2.05, 4.69) is 5.32 Å². The van der Waals surface area contributed by atoms with Crippen molar-refractivity contribution >= 4 is 17.3 Å². The summed E-state index contributed by atoms with van der Waals surface area (Å²) in [5, 5.41) is 12.5. The van der Waals surface area contributed by atoms with Crippen LogP contribution in [0.25, 0.3) is 0 Å². The molecule has 0 aliphatic rings. The fourth-order valence-corrected chi connectivity index (χ4v) is 1.82. The summed E-state index contributed by atoms with van der Waals surface area (Å²) in [6, 6.07) is 13.7. The standard InChI is InChI=1S/C14H10ClFN2/c15-12-5-2-1-4-10(12)9-18-14-7-3-6-13(16)11(14)8-17/h1-7,18H,9H2. The molecule has 2 rings (SSSR count). The smallest absolute Gasteiger partial charge is 0.143 e. The lowest BCUT2D eigenvalue weighted by Crippen LogP contribution is -2.02. The van der Waals surface area contributed by atoms with Gasteiger partial charge in [0.1, 0.15) is 17.4 Å². The highest BCUT2D eigenvalue weighted by molar-refractivity contribution is 6.31. The van der Waals surface area contributed by atoms with Crippen LogP contribution in [-0.4, -0.2) is 0 Å². The van der Waals surface area contributed by atoms with Gasteiger partial charge < -0.3 is 5.32 Å². The first-order valence-corrected chi connectivity index (χ1v) is 5.76. The van der Waals surface area contributed by atoms with Crippen LogP contribution in [0.1, 0.15) is 11.1 Å². The number of nitrogens with one attached hydrogen (secondary N) is 1. The third-order valence-corrected chi connectivity index (χ3v) is 2.92. The number of hydrogen-bond donors (Lipinski definition) is 1. The molecule has 0 bridgehead atoms. The second-order valence-corrected chi connectivity index (χ2v) is 4.13. The molecule has 0 unspecified atom stereocenters. The minimum atomic E-state index is -0.526. The predicted octanol–water partition coefficient (Wildman–Crippen LogP) is 3.96. The zero-order chi connectivity index (χ0) is 13.0. The molecule has 1 N–H and O–H groups in total. The average molecular weight is 261 g/mol. The van der Waals surface area contributed by atoms with E-state index in [1.165, 1.54) is 6.07 Å². The summed E-state index contributed by atoms with van der Waals surface area (Å²) in [5.41, 5.74) is 1.38. The first-order chi connectivity index (χ1) is 8.72. The normalized spacial score (nSPS) is 9.83. The lowest BCUT2D eigenvalue weighted by atomic mass is 10.1. The van der Waals surface area contributed by atoms with Crippen molar-refractivity contribution in [2.24, 2.45) is 0 Å². The van der Waals surface area contributed by atoms with Crippen molar-refractivity contribution < 1.29 is 4.39 Å². The molecule has 0 saturated carbocycles. The summed E-state index contributed by atoms with van der Waals surface area (Å²) in [6.45, 7) is 0.442. The molecule has 4 heteroatoms. The van der Waals surface area contributed by atoms with E-state index in [4.69, 9.17) is 16.9 Å². The minimum absolute atomic E-state index is 0.0181. The molecule has 0 spiro atoms. The molecule has 0 aliphatic carbocycles. The molecule has 0 atom stereocenters. The van der Waals surface area contributed by atoms with Crippen molar-refractivity contribution in [2.75, 3.05) is 5.32 Å². The molecule has 2 nitrogen and oxygen atoms in total. The molecule has 18 heavy (non-hydrogen) atoms. The van der Waals surface area contributed by atoms with Gasteiger partial charge in [0.15, 0.2) is 0 Å². The maximum Gasteiger partial charge on any atom is 0.143 e. The average Bonchev–Trinajstić information content (AvgIpc) is 2.38. The quantitative estimate of drug-likeness (QED) is 0.907. The number of halogens is 2. The van der Waals surface area contributed by atoms with Crippen molar-refractivity contribution in [1.29, 1.82) is 5.26 Å². The van der Waals surface area contributed by atoms with Gasteiger partial charge in [0.25, 0.3) is 0 Å². The highest BCUT2D eigenvalue weighted by Crippen LogP contribution is 2.20. The Morgan fingerprint density at radius 1 is 1.17 bits per heavy atom. The van der Waals surface area contributed by atoms with Crippen LogP contribution in [-0.2, 0) is 6.54 Å². The summed E-state index contributed by atoms with van der Waals surface area (Å²) in [6.07, 6.45) is 0. The minimum Gasteiger partial charge on any atom is -0.380 e. The zero-order valence-electron chi connectivity index (χ0n) is 9.45. The lowest BCUT2D eigenvalue weighted by molar-refractivity contribution is 0.624. The van der Waals surface area contributed by atoms with Crippen LogP contribution in [0, 0.1) is 17.1 Å². The molecule has 2 aromatic carbocycles. The number of anilines is 1. The summed E-state index contributed by atoms with van der Waals surface area (Å²) >= 11 is 6.02. The molecule has 2 aromatic rings. The van der Waals surface area contributed by atoms with Crippen molar-refractivity contribution in [3.05, 3.63) is 64.4 Å². The van der Waals surface area contributed by atoms with Crippen LogP contribution in [0.2, 0.25) is 5.02 Å². The van der Waals surface area contributed by atoms with Gasteiger partial charge in [-0.25, -0.2) is 4.39 Å². The van der Waals surface area contributed by atoms with Crippen LogP contribution >= 0.6 is 11.6 Å². The van der Waals surface area contributed by atoms with Crippen LogP contribution in [0.15, 0.2) is 42.5 Å². The first kappa shape index (κ1) is 12.4. The third-order valence-electron chi connectivity index (χ3n) is 2.55. The summed E-state index contributed by atoms with van der Waals surface area (Å²) in [4.78, 5) is 0. The van der Waals surface area contributed by atoms with E-state index in [-0.39, 0.29) is 5.56 Å². The van der Waals surface area contributed by atoms with Gasteiger partial charge in [-0.2, -0.15) is 5.26 Å². The monoisotopic (exact) mass is 260 g/mol. The van der Waals surface area contributed by atoms with Gasteiger partial charge in [-0.3, -0.25) is 0 Å². The number of hydrogen-bond acceptors (Lipinski definition) is 2. The molecule has 0 aromatic heterocycles. The Morgan fingerprint density at radius 2 is 1.94 bits per heavy atom. The highest BCUT2D eigenvalue weighted by atomic mass is 35.5. The van der Waals surface area contributed by atoms with E-state index < -0.39 is 5.82 Å². The van der Waals surface area contributed by atoms with E-state index in [1.54, 1.807) is 18.2 Å². The topological polar surface area (TPSA) is 35.8 Å². The molecule has 0 aliphatic heterocycles. The molecular weight excluding hydrogens is 251 g/mol. The SMILES string of the molecule is N#Cc1c(F)cccc1NCc1ccccc1Cl. The molecular formula is C14H10ClFN2.